The fourth-order valence-electron chi connectivity index (χ4n) is 1.43. The minimum atomic E-state index is -8.56. The molecule has 0 rings (SSSR count). The van der Waals surface area contributed by atoms with E-state index in [0.29, 0.717) is 0 Å². The maximum Gasteiger partial charge on any atom is 0.393 e. The maximum absolute atomic E-state index is 13.1. The number of hydrogen-bond donors (Lipinski definition) is 0. The van der Waals surface area contributed by atoms with E-state index < -0.39 is 59.9 Å². The highest BCUT2D eigenvalue weighted by atomic mass is 35.5. The molecule has 0 nitrogen and oxygen atoms in total. The predicted molar refractivity (Wildman–Crippen MR) is 56.0 cm³/mol. The van der Waals surface area contributed by atoms with E-state index in [1.807, 2.05) is 0 Å². The van der Waals surface area contributed by atoms with Crippen molar-refractivity contribution < 1.29 is 74.6 Å². The van der Waals surface area contributed by atoms with Crippen LogP contribution in [0, 0.1) is 0 Å². The van der Waals surface area contributed by atoms with Gasteiger partial charge in [-0.25, -0.2) is 4.39 Å². The van der Waals surface area contributed by atoms with Crippen molar-refractivity contribution in [1.82, 2.24) is 0 Å². The smallest absolute Gasteiger partial charge is 0.241 e. The van der Waals surface area contributed by atoms with Crippen LogP contribution in [0.3, 0.4) is 0 Å². The van der Waals surface area contributed by atoms with Crippen LogP contribution in [0.2, 0.25) is 0 Å². The molecule has 0 N–H and O–H groups in total. The molecule has 28 heavy (non-hydrogen) atoms. The fraction of sp³-hybridized carbons (Fsp3) is 1.00. The van der Waals surface area contributed by atoms with E-state index in [1.165, 1.54) is 0 Å². The second kappa shape index (κ2) is 6.55. The molecule has 0 spiro atoms. The summed E-state index contributed by atoms with van der Waals surface area (Å²) in [5, 5.41) is -6.83. The first-order valence-electron chi connectivity index (χ1n) is 6.05. The lowest BCUT2D eigenvalue weighted by molar-refractivity contribution is -0.451. The van der Waals surface area contributed by atoms with Crippen molar-refractivity contribution in [3.8, 4) is 0 Å². The quantitative estimate of drug-likeness (QED) is 0.269. The van der Waals surface area contributed by atoms with Crippen molar-refractivity contribution in [1.29, 1.82) is 0 Å². The Balaban J connectivity index is 6.72. The van der Waals surface area contributed by atoms with Crippen LogP contribution in [0.15, 0.2) is 0 Å². The molecule has 0 saturated heterocycles. The summed E-state index contributed by atoms with van der Waals surface area (Å²) in [4.78, 5) is 0. The van der Waals surface area contributed by atoms with Gasteiger partial charge in [0.05, 0.1) is 0 Å². The summed E-state index contributed by atoms with van der Waals surface area (Å²) in [6.45, 7) is -0.656. The van der Waals surface area contributed by atoms with Crippen LogP contribution in [0.5, 0.6) is 0 Å². The Morgan fingerprint density at radius 2 is 0.679 bits per heavy atom. The average Bonchev–Trinajstić information content (AvgIpc) is 2.44. The van der Waals surface area contributed by atoms with Gasteiger partial charge in [0, 0.05) is 0 Å². The average molecular weight is 483 g/mol. The van der Waals surface area contributed by atoms with Gasteiger partial charge < -0.3 is 0 Å². The van der Waals surface area contributed by atoms with Crippen LogP contribution in [0.25, 0.3) is 0 Å². The molecule has 0 aliphatic rings. The molecule has 0 saturated carbocycles. The first kappa shape index (κ1) is 27.1. The molecule has 0 aromatic heterocycles. The largest absolute Gasteiger partial charge is 0.393 e. The van der Waals surface area contributed by atoms with E-state index in [0.717, 1.165) is 0 Å². The zero-order valence-electron chi connectivity index (χ0n) is 12.4. The molecule has 0 aliphatic carbocycles. The van der Waals surface area contributed by atoms with Gasteiger partial charge in [-0.3, -0.25) is 0 Å². The first-order valence-corrected chi connectivity index (χ1v) is 6.42. The molecule has 18 heteroatoms. The van der Waals surface area contributed by atoms with Crippen molar-refractivity contribution in [3.05, 3.63) is 0 Å². The Morgan fingerprint density at radius 1 is 0.464 bits per heavy atom. The summed E-state index contributed by atoms with van der Waals surface area (Å²) in [5.74, 6) is -56.4. The molecule has 0 aliphatic heterocycles. The Morgan fingerprint density at radius 3 is 0.893 bits per heavy atom. The van der Waals surface area contributed by atoms with Gasteiger partial charge in [-0.2, -0.15) is 70.2 Å². The molecule has 0 bridgehead atoms. The highest BCUT2D eigenvalue weighted by Crippen LogP contribution is 2.64. The lowest BCUT2D eigenvalue weighted by Gasteiger charge is -2.43. The normalized spacial score (nSPS) is 17.7. The minimum Gasteiger partial charge on any atom is -0.241 e. The topological polar surface area (TPSA) is 0 Å². The molecular formula is C10H4ClF17. The van der Waals surface area contributed by atoms with E-state index in [4.69, 9.17) is 0 Å². The van der Waals surface area contributed by atoms with Crippen LogP contribution in [-0.4, -0.2) is 53.0 Å². The second-order valence-electron chi connectivity index (χ2n) is 5.18. The number of hydrogen-bond acceptors (Lipinski definition) is 0. The lowest BCUT2D eigenvalue weighted by Crippen LogP contribution is -2.74. The van der Waals surface area contributed by atoms with E-state index in [9.17, 15) is 74.6 Å². The van der Waals surface area contributed by atoms with Gasteiger partial charge in [-0.1, -0.05) is 0 Å². The van der Waals surface area contributed by atoms with Gasteiger partial charge in [-0.05, 0) is 18.5 Å². The van der Waals surface area contributed by atoms with Crippen LogP contribution >= 0.6 is 11.6 Å². The molecule has 0 heterocycles. The zero-order chi connectivity index (χ0) is 23.6. The Labute approximate surface area is 147 Å². The maximum atomic E-state index is 13.1. The van der Waals surface area contributed by atoms with Crippen LogP contribution in [0.1, 0.15) is 6.92 Å². The van der Waals surface area contributed by atoms with Gasteiger partial charge in [0.2, 0.25) is 0 Å². The van der Waals surface area contributed by atoms with Crippen molar-refractivity contribution in [2.24, 2.45) is 0 Å². The first-order chi connectivity index (χ1) is 11.7. The fourth-order valence-corrected chi connectivity index (χ4v) is 1.54. The molecule has 1 atom stereocenters. The number of rotatable bonds is 8. The Bertz CT molecular complexity index is 571. The number of halogens is 18. The van der Waals surface area contributed by atoms with E-state index >= 15 is 0 Å². The minimum absolute atomic E-state index is 0.656. The van der Waals surface area contributed by atoms with Gasteiger partial charge in [0.1, 0.15) is 0 Å². The molecule has 0 aromatic rings. The third-order valence-corrected chi connectivity index (χ3v) is 3.48. The zero-order valence-corrected chi connectivity index (χ0v) is 13.1. The van der Waals surface area contributed by atoms with Crippen molar-refractivity contribution >= 4 is 11.6 Å². The monoisotopic (exact) mass is 482 g/mol. The third kappa shape index (κ3) is 3.14. The predicted octanol–water partition coefficient (Wildman–Crippen LogP) is 6.62. The van der Waals surface area contributed by atoms with Gasteiger partial charge >= 0.3 is 46.8 Å². The summed E-state index contributed by atoms with van der Waals surface area (Å²) in [5.41, 5.74) is 0. The summed E-state index contributed by atoms with van der Waals surface area (Å²) < 4.78 is 218. The standard InChI is InChI=1S/C10H4ClF17/c1-2(12)3(13,14)4(15,16)5(17,18)6(19,20)7(21,22)8(23,24)9(25,26)10(11,27)28/h2H,1H3. The SMILES string of the molecule is CC(F)C(F)(F)C(F)(F)C(F)(F)C(F)(F)C(F)(F)C(F)(F)C(F)(F)C(F)(F)Cl. The van der Waals surface area contributed by atoms with Gasteiger partial charge in [0.25, 0.3) is 0 Å². The summed E-state index contributed by atoms with van der Waals surface area (Å²) in [6, 6.07) is 0. The molecule has 170 valence electrons. The highest BCUT2D eigenvalue weighted by molar-refractivity contribution is 6.22. The molecule has 0 radical (unpaired) electrons. The molecule has 0 aromatic carbocycles. The molecular weight excluding hydrogens is 479 g/mol. The Kier molecular flexibility index (Phi) is 6.34. The molecule has 1 unspecified atom stereocenters. The third-order valence-electron chi connectivity index (χ3n) is 3.25. The Hall–Kier alpha value is -0.900. The molecule has 0 fully saturated rings. The number of alkyl halides is 18. The van der Waals surface area contributed by atoms with Crippen LogP contribution in [-0.2, 0) is 0 Å². The van der Waals surface area contributed by atoms with Gasteiger partial charge in [0.15, 0.2) is 6.17 Å². The van der Waals surface area contributed by atoms with E-state index in [1.54, 1.807) is 0 Å². The summed E-state index contributed by atoms with van der Waals surface area (Å²) >= 11 is 3.34. The van der Waals surface area contributed by atoms with Crippen molar-refractivity contribution in [3.63, 3.8) is 0 Å². The van der Waals surface area contributed by atoms with E-state index in [2.05, 4.69) is 11.6 Å². The van der Waals surface area contributed by atoms with Crippen LogP contribution in [0.4, 0.5) is 74.6 Å². The second-order valence-corrected chi connectivity index (χ2v) is 5.66. The summed E-state index contributed by atoms with van der Waals surface area (Å²) in [6.07, 6.45) is -4.48. The highest BCUT2D eigenvalue weighted by Gasteiger charge is 2.95. The summed E-state index contributed by atoms with van der Waals surface area (Å²) in [7, 11) is 0. The lowest BCUT2D eigenvalue weighted by atomic mass is 9.88. The van der Waals surface area contributed by atoms with Gasteiger partial charge in [-0.15, -0.1) is 0 Å². The van der Waals surface area contributed by atoms with Crippen LogP contribution < -0.4 is 0 Å². The van der Waals surface area contributed by atoms with Crippen molar-refractivity contribution in [2.75, 3.05) is 0 Å². The van der Waals surface area contributed by atoms with Crippen molar-refractivity contribution in [2.45, 2.75) is 59.9 Å². The molecule has 0 amide bonds. The van der Waals surface area contributed by atoms with E-state index in [-0.39, 0.29) is 0 Å².